The standard InChI is InChI=1S/C18H30N2O/c1-5-12-20-13-14(10-11-17(20)21)19-16-9-7-6-8-15(16)18(2,3)4/h10-11,13,15-16,19H,5-9,12H2,1-4H3. The van der Waals surface area contributed by atoms with Gasteiger partial charge in [-0.25, -0.2) is 0 Å². The zero-order valence-electron chi connectivity index (χ0n) is 14.0. The maximum absolute atomic E-state index is 11.8. The fourth-order valence-electron chi connectivity index (χ4n) is 3.59. The number of hydrogen-bond acceptors (Lipinski definition) is 2. The van der Waals surface area contributed by atoms with Gasteiger partial charge >= 0.3 is 0 Å². The van der Waals surface area contributed by atoms with Gasteiger partial charge < -0.3 is 9.88 Å². The Kier molecular flexibility index (Phi) is 5.13. The molecule has 0 amide bonds. The average molecular weight is 290 g/mol. The molecule has 21 heavy (non-hydrogen) atoms. The smallest absolute Gasteiger partial charge is 0.250 e. The molecular weight excluding hydrogens is 260 g/mol. The van der Waals surface area contributed by atoms with Crippen LogP contribution in [0.5, 0.6) is 0 Å². The minimum atomic E-state index is 0.0958. The summed E-state index contributed by atoms with van der Waals surface area (Å²) in [5.41, 5.74) is 1.51. The summed E-state index contributed by atoms with van der Waals surface area (Å²) < 4.78 is 1.82. The summed E-state index contributed by atoms with van der Waals surface area (Å²) in [6, 6.07) is 4.14. The van der Waals surface area contributed by atoms with Gasteiger partial charge in [-0.3, -0.25) is 4.79 Å². The lowest BCUT2D eigenvalue weighted by molar-refractivity contribution is 0.163. The van der Waals surface area contributed by atoms with Crippen LogP contribution in [0.2, 0.25) is 0 Å². The molecule has 2 atom stereocenters. The van der Waals surface area contributed by atoms with Crippen LogP contribution in [-0.4, -0.2) is 10.6 Å². The lowest BCUT2D eigenvalue weighted by Crippen LogP contribution is -2.40. The summed E-state index contributed by atoms with van der Waals surface area (Å²) >= 11 is 0. The summed E-state index contributed by atoms with van der Waals surface area (Å²) in [4.78, 5) is 11.8. The minimum absolute atomic E-state index is 0.0958. The van der Waals surface area contributed by atoms with Gasteiger partial charge in [0.25, 0.3) is 5.56 Å². The Labute approximate surface area is 128 Å². The third-order valence-corrected chi connectivity index (χ3v) is 4.68. The molecule has 3 nitrogen and oxygen atoms in total. The highest BCUT2D eigenvalue weighted by molar-refractivity contribution is 5.41. The molecule has 1 saturated carbocycles. The van der Waals surface area contributed by atoms with Crippen LogP contribution >= 0.6 is 0 Å². The first-order chi connectivity index (χ1) is 9.91. The van der Waals surface area contributed by atoms with E-state index in [-0.39, 0.29) is 5.56 Å². The van der Waals surface area contributed by atoms with Gasteiger partial charge in [-0.15, -0.1) is 0 Å². The molecule has 0 saturated heterocycles. The van der Waals surface area contributed by atoms with Gasteiger partial charge in [-0.2, -0.15) is 0 Å². The second-order valence-corrected chi connectivity index (χ2v) is 7.46. The zero-order chi connectivity index (χ0) is 15.5. The van der Waals surface area contributed by atoms with E-state index in [2.05, 4.69) is 33.0 Å². The Morgan fingerprint density at radius 1 is 1.24 bits per heavy atom. The topological polar surface area (TPSA) is 34.0 Å². The second-order valence-electron chi connectivity index (χ2n) is 7.46. The number of rotatable bonds is 4. The number of aryl methyl sites for hydroxylation is 1. The lowest BCUT2D eigenvalue weighted by atomic mass is 9.69. The van der Waals surface area contributed by atoms with E-state index >= 15 is 0 Å². The van der Waals surface area contributed by atoms with Crippen LogP contribution in [0.25, 0.3) is 0 Å². The van der Waals surface area contributed by atoms with E-state index in [1.54, 1.807) is 6.07 Å². The summed E-state index contributed by atoms with van der Waals surface area (Å²) in [6.07, 6.45) is 8.15. The molecule has 1 heterocycles. The normalized spacial score (nSPS) is 23.0. The van der Waals surface area contributed by atoms with Gasteiger partial charge in [0.1, 0.15) is 0 Å². The van der Waals surface area contributed by atoms with Gasteiger partial charge in [0, 0.05) is 24.8 Å². The fourth-order valence-corrected chi connectivity index (χ4v) is 3.59. The van der Waals surface area contributed by atoms with E-state index < -0.39 is 0 Å². The average Bonchev–Trinajstić information content (AvgIpc) is 2.42. The molecule has 1 aromatic rings. The van der Waals surface area contributed by atoms with Crippen molar-refractivity contribution in [3.8, 4) is 0 Å². The SMILES string of the molecule is CCCn1cc(NC2CCCCC2C(C)(C)C)ccc1=O. The maximum Gasteiger partial charge on any atom is 0.250 e. The first-order valence-electron chi connectivity index (χ1n) is 8.39. The van der Waals surface area contributed by atoms with Crippen LogP contribution in [0.4, 0.5) is 5.69 Å². The van der Waals surface area contributed by atoms with Gasteiger partial charge in [-0.1, -0.05) is 40.5 Å². The number of nitrogens with zero attached hydrogens (tertiary/aromatic N) is 1. The van der Waals surface area contributed by atoms with Crippen molar-refractivity contribution < 1.29 is 0 Å². The van der Waals surface area contributed by atoms with Crippen molar-refractivity contribution in [3.05, 3.63) is 28.7 Å². The summed E-state index contributed by atoms with van der Waals surface area (Å²) in [5.74, 6) is 0.692. The molecule has 118 valence electrons. The van der Waals surface area contributed by atoms with Gasteiger partial charge in [-0.05, 0) is 36.7 Å². The van der Waals surface area contributed by atoms with Crippen molar-refractivity contribution in [2.75, 3.05) is 5.32 Å². The molecule has 1 aliphatic rings. The number of pyridine rings is 1. The van der Waals surface area contributed by atoms with E-state index in [0.29, 0.717) is 17.4 Å². The third kappa shape index (κ3) is 4.12. The highest BCUT2D eigenvalue weighted by Crippen LogP contribution is 2.39. The van der Waals surface area contributed by atoms with Crippen LogP contribution < -0.4 is 10.9 Å². The number of anilines is 1. The van der Waals surface area contributed by atoms with E-state index in [4.69, 9.17) is 0 Å². The van der Waals surface area contributed by atoms with E-state index in [9.17, 15) is 4.79 Å². The minimum Gasteiger partial charge on any atom is -0.381 e. The summed E-state index contributed by atoms with van der Waals surface area (Å²) in [5, 5.41) is 3.70. The molecule has 0 aliphatic heterocycles. The van der Waals surface area contributed by atoms with Crippen LogP contribution in [0.3, 0.4) is 0 Å². The molecule has 3 heteroatoms. The fraction of sp³-hybridized carbons (Fsp3) is 0.722. The second kappa shape index (κ2) is 6.67. The molecule has 1 N–H and O–H groups in total. The molecule has 0 aromatic carbocycles. The van der Waals surface area contributed by atoms with Crippen molar-refractivity contribution in [1.29, 1.82) is 0 Å². The highest BCUT2D eigenvalue weighted by Gasteiger charge is 2.34. The van der Waals surface area contributed by atoms with Crippen molar-refractivity contribution in [2.24, 2.45) is 11.3 Å². The van der Waals surface area contributed by atoms with Crippen molar-refractivity contribution in [2.45, 2.75) is 72.4 Å². The molecule has 1 fully saturated rings. The quantitative estimate of drug-likeness (QED) is 0.898. The predicted octanol–water partition coefficient (Wildman–Crippen LogP) is 4.28. The van der Waals surface area contributed by atoms with Crippen LogP contribution in [0, 0.1) is 11.3 Å². The van der Waals surface area contributed by atoms with Crippen molar-refractivity contribution in [3.63, 3.8) is 0 Å². The number of nitrogens with one attached hydrogen (secondary N) is 1. The first kappa shape index (κ1) is 16.1. The molecule has 2 unspecified atom stereocenters. The molecular formula is C18H30N2O. The molecule has 0 spiro atoms. The Hall–Kier alpha value is -1.25. The summed E-state index contributed by atoms with van der Waals surface area (Å²) in [6.45, 7) is 9.92. The Bertz CT molecular complexity index is 513. The van der Waals surface area contributed by atoms with E-state index in [1.165, 1.54) is 25.7 Å². The van der Waals surface area contributed by atoms with E-state index in [1.807, 2.05) is 16.8 Å². The summed E-state index contributed by atoms with van der Waals surface area (Å²) in [7, 11) is 0. The van der Waals surface area contributed by atoms with Gasteiger partial charge in [0.15, 0.2) is 0 Å². The molecule has 0 radical (unpaired) electrons. The highest BCUT2D eigenvalue weighted by atomic mass is 16.1. The monoisotopic (exact) mass is 290 g/mol. The zero-order valence-corrected chi connectivity index (χ0v) is 14.0. The Morgan fingerprint density at radius 3 is 2.62 bits per heavy atom. The van der Waals surface area contributed by atoms with Gasteiger partial charge in [0.05, 0.1) is 5.69 Å². The molecule has 1 aliphatic carbocycles. The molecule has 2 rings (SSSR count). The first-order valence-corrected chi connectivity index (χ1v) is 8.39. The number of hydrogen-bond donors (Lipinski definition) is 1. The van der Waals surface area contributed by atoms with Crippen LogP contribution in [0.1, 0.15) is 59.8 Å². The number of aromatic nitrogens is 1. The molecule has 1 aromatic heterocycles. The predicted molar refractivity (Wildman–Crippen MR) is 89.8 cm³/mol. The third-order valence-electron chi connectivity index (χ3n) is 4.68. The van der Waals surface area contributed by atoms with Crippen LogP contribution in [-0.2, 0) is 6.54 Å². The van der Waals surface area contributed by atoms with Crippen molar-refractivity contribution >= 4 is 5.69 Å². The Morgan fingerprint density at radius 2 is 1.95 bits per heavy atom. The Balaban J connectivity index is 2.15. The lowest BCUT2D eigenvalue weighted by Gasteiger charge is -2.41. The maximum atomic E-state index is 11.8. The molecule has 0 bridgehead atoms. The van der Waals surface area contributed by atoms with Crippen molar-refractivity contribution in [1.82, 2.24) is 4.57 Å². The van der Waals surface area contributed by atoms with E-state index in [0.717, 1.165) is 18.7 Å². The largest absolute Gasteiger partial charge is 0.381 e. The van der Waals surface area contributed by atoms with Gasteiger partial charge in [0.2, 0.25) is 0 Å². The van der Waals surface area contributed by atoms with Crippen LogP contribution in [0.15, 0.2) is 23.1 Å².